The molecule has 0 aliphatic rings. The Kier molecular flexibility index (Phi) is 5.36. The van der Waals surface area contributed by atoms with Gasteiger partial charge < -0.3 is 10.1 Å². The fourth-order valence-electron chi connectivity index (χ4n) is 1.62. The molecule has 0 aromatic heterocycles. The molecule has 1 N–H and O–H groups in total. The van der Waals surface area contributed by atoms with Crippen LogP contribution in [0.1, 0.15) is 6.92 Å². The lowest BCUT2D eigenvalue weighted by molar-refractivity contribution is -0.122. The second-order valence-electron chi connectivity index (χ2n) is 4.33. The van der Waals surface area contributed by atoms with Crippen LogP contribution in [0.2, 0.25) is 0 Å². The van der Waals surface area contributed by atoms with Crippen LogP contribution in [0.5, 0.6) is 5.75 Å². The Morgan fingerprint density at radius 2 is 2.00 bits per heavy atom. The molecule has 1 amide bonds. The molecule has 0 saturated heterocycles. The molecule has 6 heteroatoms. The zero-order valence-corrected chi connectivity index (χ0v) is 14.2. The van der Waals surface area contributed by atoms with E-state index in [1.807, 2.05) is 12.1 Å². The number of nitrogens with one attached hydrogen (secondary N) is 1. The lowest BCUT2D eigenvalue weighted by Crippen LogP contribution is -2.30. The average molecular weight is 417 g/mol. The fourth-order valence-corrected chi connectivity index (χ4v) is 2.77. The van der Waals surface area contributed by atoms with Crippen molar-refractivity contribution in [3.05, 3.63) is 57.2 Å². The molecule has 0 heterocycles. The van der Waals surface area contributed by atoms with Gasteiger partial charge in [-0.25, -0.2) is 4.39 Å². The summed E-state index contributed by atoms with van der Waals surface area (Å²) >= 11 is 6.71. The van der Waals surface area contributed by atoms with Crippen LogP contribution in [0.4, 0.5) is 10.1 Å². The Balaban J connectivity index is 2.02. The van der Waals surface area contributed by atoms with Gasteiger partial charge in [-0.15, -0.1) is 0 Å². The van der Waals surface area contributed by atoms with Crippen molar-refractivity contribution in [2.45, 2.75) is 13.0 Å². The minimum atomic E-state index is -0.717. The number of anilines is 1. The number of benzene rings is 2. The number of hydrogen-bond donors (Lipinski definition) is 1. The molecule has 0 radical (unpaired) electrons. The van der Waals surface area contributed by atoms with Crippen LogP contribution >= 0.6 is 31.9 Å². The Bertz CT molecular complexity index is 664. The summed E-state index contributed by atoms with van der Waals surface area (Å²) in [7, 11) is 0. The van der Waals surface area contributed by atoms with E-state index in [1.165, 1.54) is 18.2 Å². The average Bonchev–Trinajstić information content (AvgIpc) is 2.41. The third kappa shape index (κ3) is 4.54. The highest BCUT2D eigenvalue weighted by atomic mass is 79.9. The van der Waals surface area contributed by atoms with Crippen LogP contribution in [-0.2, 0) is 4.79 Å². The van der Waals surface area contributed by atoms with Gasteiger partial charge in [0.25, 0.3) is 5.91 Å². The summed E-state index contributed by atoms with van der Waals surface area (Å²) in [6.07, 6.45) is -0.717. The molecule has 0 fully saturated rings. The predicted octanol–water partition coefficient (Wildman–Crippen LogP) is 4.76. The zero-order chi connectivity index (χ0) is 15.4. The van der Waals surface area contributed by atoms with Gasteiger partial charge in [0.2, 0.25) is 0 Å². The van der Waals surface area contributed by atoms with Gasteiger partial charge in [-0.3, -0.25) is 4.79 Å². The maximum atomic E-state index is 13.1. The van der Waals surface area contributed by atoms with Crippen LogP contribution in [-0.4, -0.2) is 12.0 Å². The van der Waals surface area contributed by atoms with Crippen molar-refractivity contribution in [2.24, 2.45) is 0 Å². The topological polar surface area (TPSA) is 38.3 Å². The number of hydrogen-bond acceptors (Lipinski definition) is 2. The van der Waals surface area contributed by atoms with Gasteiger partial charge in [-0.1, -0.05) is 22.0 Å². The van der Waals surface area contributed by atoms with E-state index >= 15 is 0 Å². The molecule has 2 rings (SSSR count). The number of rotatable bonds is 4. The highest BCUT2D eigenvalue weighted by molar-refractivity contribution is 9.11. The molecular weight excluding hydrogens is 405 g/mol. The first-order valence-corrected chi connectivity index (χ1v) is 7.72. The van der Waals surface area contributed by atoms with Gasteiger partial charge in [0.15, 0.2) is 6.10 Å². The summed E-state index contributed by atoms with van der Waals surface area (Å²) in [4.78, 5) is 12.0. The third-order valence-electron chi connectivity index (χ3n) is 2.66. The van der Waals surface area contributed by atoms with Crippen molar-refractivity contribution in [1.29, 1.82) is 0 Å². The SMILES string of the molecule is C[C@H](Oc1ccc(Br)cc1Br)C(=O)Nc1cccc(F)c1. The first-order chi connectivity index (χ1) is 9.95. The summed E-state index contributed by atoms with van der Waals surface area (Å²) in [6.45, 7) is 1.63. The van der Waals surface area contributed by atoms with E-state index in [0.717, 1.165) is 8.95 Å². The molecule has 0 aliphatic carbocycles. The monoisotopic (exact) mass is 415 g/mol. The van der Waals surface area contributed by atoms with Crippen LogP contribution in [0.15, 0.2) is 51.4 Å². The maximum absolute atomic E-state index is 13.1. The molecule has 110 valence electrons. The first kappa shape index (κ1) is 16.0. The summed E-state index contributed by atoms with van der Waals surface area (Å²) in [6, 6.07) is 11.1. The molecule has 21 heavy (non-hydrogen) atoms. The van der Waals surface area contributed by atoms with Crippen LogP contribution in [0.25, 0.3) is 0 Å². The van der Waals surface area contributed by atoms with Crippen molar-refractivity contribution in [1.82, 2.24) is 0 Å². The van der Waals surface area contributed by atoms with E-state index in [2.05, 4.69) is 37.2 Å². The first-order valence-electron chi connectivity index (χ1n) is 6.14. The van der Waals surface area contributed by atoms with E-state index in [9.17, 15) is 9.18 Å². The quantitative estimate of drug-likeness (QED) is 0.780. The van der Waals surface area contributed by atoms with Crippen molar-refractivity contribution in [3.8, 4) is 5.75 Å². The summed E-state index contributed by atoms with van der Waals surface area (Å²) in [5, 5.41) is 2.61. The molecule has 0 bridgehead atoms. The molecular formula is C15H12Br2FNO2. The summed E-state index contributed by atoms with van der Waals surface area (Å²) in [5.41, 5.74) is 0.394. The number of halogens is 3. The molecule has 3 nitrogen and oxygen atoms in total. The van der Waals surface area contributed by atoms with Crippen LogP contribution < -0.4 is 10.1 Å². The van der Waals surface area contributed by atoms with Gasteiger partial charge in [-0.05, 0) is 59.3 Å². The Hall–Kier alpha value is -1.40. The summed E-state index contributed by atoms with van der Waals surface area (Å²) in [5.74, 6) is -0.201. The minimum Gasteiger partial charge on any atom is -0.480 e. The number of ether oxygens (including phenoxy) is 1. The minimum absolute atomic E-state index is 0.351. The molecule has 2 aromatic rings. The molecule has 0 unspecified atom stereocenters. The number of carbonyl (C=O) groups is 1. The lowest BCUT2D eigenvalue weighted by atomic mass is 10.3. The second-order valence-corrected chi connectivity index (χ2v) is 6.10. The van der Waals surface area contributed by atoms with Gasteiger partial charge in [-0.2, -0.15) is 0 Å². The largest absolute Gasteiger partial charge is 0.480 e. The van der Waals surface area contributed by atoms with E-state index in [1.54, 1.807) is 19.1 Å². The molecule has 0 aliphatic heterocycles. The molecule has 2 aromatic carbocycles. The van der Waals surface area contributed by atoms with Gasteiger partial charge in [0, 0.05) is 10.2 Å². The lowest BCUT2D eigenvalue weighted by Gasteiger charge is -2.16. The third-order valence-corrected chi connectivity index (χ3v) is 3.77. The molecule has 1 atom stereocenters. The van der Waals surface area contributed by atoms with E-state index < -0.39 is 11.9 Å². The van der Waals surface area contributed by atoms with Crippen molar-refractivity contribution >= 4 is 43.5 Å². The van der Waals surface area contributed by atoms with E-state index in [-0.39, 0.29) is 5.91 Å². The van der Waals surface area contributed by atoms with Gasteiger partial charge in [0.05, 0.1) is 4.47 Å². The normalized spacial score (nSPS) is 11.8. The Labute approximate surface area is 138 Å². The van der Waals surface area contributed by atoms with Crippen LogP contribution in [0.3, 0.4) is 0 Å². The maximum Gasteiger partial charge on any atom is 0.265 e. The standard InChI is InChI=1S/C15H12Br2FNO2/c1-9(21-14-6-5-10(16)7-13(14)17)15(20)19-12-4-2-3-11(18)8-12/h2-9H,1H3,(H,19,20)/t9-/m0/s1. The highest BCUT2D eigenvalue weighted by Crippen LogP contribution is 2.29. The zero-order valence-electron chi connectivity index (χ0n) is 11.1. The van der Waals surface area contributed by atoms with Crippen LogP contribution in [0, 0.1) is 5.82 Å². The predicted molar refractivity (Wildman–Crippen MR) is 87.0 cm³/mol. The van der Waals surface area contributed by atoms with Crippen molar-refractivity contribution in [2.75, 3.05) is 5.32 Å². The fraction of sp³-hybridized carbons (Fsp3) is 0.133. The summed E-state index contributed by atoms with van der Waals surface area (Å²) < 4.78 is 20.3. The van der Waals surface area contributed by atoms with Gasteiger partial charge in [0.1, 0.15) is 11.6 Å². The van der Waals surface area contributed by atoms with E-state index in [4.69, 9.17) is 4.74 Å². The van der Waals surface area contributed by atoms with E-state index in [0.29, 0.717) is 11.4 Å². The Morgan fingerprint density at radius 3 is 2.67 bits per heavy atom. The smallest absolute Gasteiger partial charge is 0.265 e. The van der Waals surface area contributed by atoms with Crippen molar-refractivity contribution < 1.29 is 13.9 Å². The molecule has 0 saturated carbocycles. The number of amides is 1. The Morgan fingerprint density at radius 1 is 1.24 bits per heavy atom. The number of carbonyl (C=O) groups excluding carboxylic acids is 1. The molecule has 0 spiro atoms. The second kappa shape index (κ2) is 7.04. The van der Waals surface area contributed by atoms with Crippen molar-refractivity contribution in [3.63, 3.8) is 0 Å². The highest BCUT2D eigenvalue weighted by Gasteiger charge is 2.16. The van der Waals surface area contributed by atoms with Gasteiger partial charge >= 0.3 is 0 Å².